The Kier molecular flexibility index (Phi) is 6.27. The first kappa shape index (κ1) is 18.7. The van der Waals surface area contributed by atoms with Gasteiger partial charge >= 0.3 is 5.97 Å². The molecule has 0 saturated heterocycles. The summed E-state index contributed by atoms with van der Waals surface area (Å²) in [5.74, 6) is 2.02. The van der Waals surface area contributed by atoms with Crippen molar-refractivity contribution in [3.05, 3.63) is 59.7 Å². The van der Waals surface area contributed by atoms with Crippen LogP contribution in [-0.4, -0.2) is 17.6 Å². The van der Waals surface area contributed by atoms with Crippen molar-refractivity contribution in [1.82, 2.24) is 4.98 Å². The van der Waals surface area contributed by atoms with Gasteiger partial charge in [-0.3, -0.25) is 4.89 Å². The van der Waals surface area contributed by atoms with Gasteiger partial charge in [0.25, 0.3) is 5.89 Å². The van der Waals surface area contributed by atoms with E-state index in [9.17, 15) is 4.79 Å². The van der Waals surface area contributed by atoms with Crippen LogP contribution in [0.2, 0.25) is 0 Å². The molecule has 0 bridgehead atoms. The maximum absolute atomic E-state index is 11.4. The third-order valence-corrected chi connectivity index (χ3v) is 3.81. The fourth-order valence-electron chi connectivity index (χ4n) is 2.38. The van der Waals surface area contributed by atoms with Crippen molar-refractivity contribution < 1.29 is 28.1 Å². The van der Waals surface area contributed by atoms with Gasteiger partial charge in [-0.15, -0.1) is 0 Å². The zero-order valence-electron chi connectivity index (χ0n) is 15.3. The molecule has 0 spiro atoms. The van der Waals surface area contributed by atoms with Crippen LogP contribution in [0.3, 0.4) is 0 Å². The van der Waals surface area contributed by atoms with E-state index in [-0.39, 0.29) is 19.0 Å². The summed E-state index contributed by atoms with van der Waals surface area (Å²) in [6.07, 6.45) is 2.40. The first-order chi connectivity index (χ1) is 13.2. The maximum Gasteiger partial charge on any atom is 0.342 e. The molecule has 3 aromatic rings. The number of nitrogens with zero attached hydrogens (tertiary/aromatic N) is 1. The molecule has 2 heterocycles. The van der Waals surface area contributed by atoms with Crippen molar-refractivity contribution >= 4 is 5.97 Å². The summed E-state index contributed by atoms with van der Waals surface area (Å²) in [5.41, 5.74) is 1.72. The number of hydrogen-bond donors (Lipinski definition) is 0. The summed E-state index contributed by atoms with van der Waals surface area (Å²) in [7, 11) is 0. The van der Waals surface area contributed by atoms with Crippen LogP contribution in [0.25, 0.3) is 11.7 Å². The second kappa shape index (κ2) is 9.05. The summed E-state index contributed by atoms with van der Waals surface area (Å²) in [5, 5.41) is 0. The minimum Gasteiger partial charge on any atom is -0.487 e. The highest BCUT2D eigenvalue weighted by molar-refractivity contribution is 5.69. The fourth-order valence-corrected chi connectivity index (χ4v) is 2.38. The predicted octanol–water partition coefficient (Wildman–Crippen LogP) is 4.25. The number of oxazole rings is 1. The first-order valence-electron chi connectivity index (χ1n) is 8.70. The van der Waals surface area contributed by atoms with E-state index in [0.717, 1.165) is 5.56 Å². The monoisotopic (exact) mass is 371 g/mol. The molecule has 0 amide bonds. The smallest absolute Gasteiger partial charge is 0.342 e. The number of ether oxygens (including phenoxy) is 1. The average molecular weight is 371 g/mol. The standard InChI is InChI=1S/C20H21NO6/c1-3-25-27-19(22)11-8-15-6-9-16(10-7-15)24-13-17-14(2)26-20(21-17)18-5-4-12-23-18/h4-7,9-10,12H,3,8,11,13H2,1-2H3. The minimum absolute atomic E-state index is 0.258. The van der Waals surface area contributed by atoms with E-state index in [1.807, 2.05) is 31.2 Å². The predicted molar refractivity (Wildman–Crippen MR) is 95.8 cm³/mol. The van der Waals surface area contributed by atoms with E-state index in [4.69, 9.17) is 13.6 Å². The molecule has 0 atom stereocenters. The van der Waals surface area contributed by atoms with Gasteiger partial charge in [0.1, 0.15) is 23.8 Å². The Labute approximate surface area is 156 Å². The third kappa shape index (κ3) is 5.21. The molecular weight excluding hydrogens is 350 g/mol. The fraction of sp³-hybridized carbons (Fsp3) is 0.300. The summed E-state index contributed by atoms with van der Waals surface area (Å²) in [6, 6.07) is 11.1. The third-order valence-electron chi connectivity index (χ3n) is 3.81. The highest BCUT2D eigenvalue weighted by Crippen LogP contribution is 2.23. The Morgan fingerprint density at radius 2 is 2.00 bits per heavy atom. The quantitative estimate of drug-likeness (QED) is 0.411. The minimum atomic E-state index is -0.383. The van der Waals surface area contributed by atoms with Crippen LogP contribution < -0.4 is 4.74 Å². The van der Waals surface area contributed by atoms with Gasteiger partial charge in [-0.25, -0.2) is 9.78 Å². The molecule has 27 heavy (non-hydrogen) atoms. The van der Waals surface area contributed by atoms with Gasteiger partial charge in [-0.2, -0.15) is 4.89 Å². The lowest BCUT2D eigenvalue weighted by Gasteiger charge is -2.06. The van der Waals surface area contributed by atoms with Crippen LogP contribution in [0.15, 0.2) is 51.5 Å². The highest BCUT2D eigenvalue weighted by atomic mass is 17.2. The van der Waals surface area contributed by atoms with Crippen molar-refractivity contribution in [1.29, 1.82) is 0 Å². The number of furan rings is 1. The topological polar surface area (TPSA) is 83.9 Å². The van der Waals surface area contributed by atoms with Gasteiger partial charge in [-0.1, -0.05) is 12.1 Å². The molecule has 0 aliphatic carbocycles. The molecule has 0 N–H and O–H groups in total. The molecule has 0 saturated carbocycles. The zero-order chi connectivity index (χ0) is 19.1. The Morgan fingerprint density at radius 3 is 2.70 bits per heavy atom. The number of aromatic nitrogens is 1. The van der Waals surface area contributed by atoms with Crippen molar-refractivity contribution in [3.8, 4) is 17.4 Å². The van der Waals surface area contributed by atoms with Crippen molar-refractivity contribution in [2.24, 2.45) is 0 Å². The van der Waals surface area contributed by atoms with Gasteiger partial charge in [0.15, 0.2) is 5.76 Å². The van der Waals surface area contributed by atoms with Crippen molar-refractivity contribution in [3.63, 3.8) is 0 Å². The Bertz CT molecular complexity index is 851. The molecule has 0 aliphatic rings. The molecule has 0 radical (unpaired) electrons. The normalized spacial score (nSPS) is 10.7. The van der Waals surface area contributed by atoms with Crippen molar-refractivity contribution in [2.75, 3.05) is 6.61 Å². The van der Waals surface area contributed by atoms with Crippen LogP contribution in [-0.2, 0) is 27.6 Å². The van der Waals surface area contributed by atoms with E-state index >= 15 is 0 Å². The summed E-state index contributed by atoms with van der Waals surface area (Å²) < 4.78 is 16.7. The highest BCUT2D eigenvalue weighted by Gasteiger charge is 2.14. The van der Waals surface area contributed by atoms with Gasteiger partial charge in [0, 0.05) is 0 Å². The average Bonchev–Trinajstić information content (AvgIpc) is 3.33. The van der Waals surface area contributed by atoms with Gasteiger partial charge in [-0.05, 0) is 50.1 Å². The number of hydrogen-bond acceptors (Lipinski definition) is 7. The lowest BCUT2D eigenvalue weighted by atomic mass is 10.1. The summed E-state index contributed by atoms with van der Waals surface area (Å²) in [6.45, 7) is 4.22. The number of rotatable bonds is 9. The lowest BCUT2D eigenvalue weighted by molar-refractivity contribution is -0.269. The molecule has 1 aromatic carbocycles. The molecular formula is C20H21NO6. The van der Waals surface area contributed by atoms with Gasteiger partial charge in [0.05, 0.1) is 19.3 Å². The van der Waals surface area contributed by atoms with E-state index in [0.29, 0.717) is 41.9 Å². The van der Waals surface area contributed by atoms with E-state index in [2.05, 4.69) is 14.8 Å². The zero-order valence-corrected chi connectivity index (χ0v) is 15.3. The Morgan fingerprint density at radius 1 is 1.19 bits per heavy atom. The van der Waals surface area contributed by atoms with Gasteiger partial charge < -0.3 is 13.6 Å². The molecule has 2 aromatic heterocycles. The summed E-state index contributed by atoms with van der Waals surface area (Å²) in [4.78, 5) is 25.0. The van der Waals surface area contributed by atoms with Crippen LogP contribution >= 0.6 is 0 Å². The van der Waals surface area contributed by atoms with E-state index < -0.39 is 0 Å². The molecule has 0 unspecified atom stereocenters. The number of aryl methyl sites for hydroxylation is 2. The second-order valence-electron chi connectivity index (χ2n) is 5.79. The van der Waals surface area contributed by atoms with Crippen molar-refractivity contribution in [2.45, 2.75) is 33.3 Å². The largest absolute Gasteiger partial charge is 0.487 e. The van der Waals surface area contributed by atoms with Gasteiger partial charge in [0.2, 0.25) is 0 Å². The Balaban J connectivity index is 1.51. The van der Waals surface area contributed by atoms with E-state index in [1.165, 1.54) is 0 Å². The first-order valence-corrected chi connectivity index (χ1v) is 8.70. The lowest BCUT2D eigenvalue weighted by Crippen LogP contribution is -2.06. The number of carbonyl (C=O) groups is 1. The second-order valence-corrected chi connectivity index (χ2v) is 5.79. The van der Waals surface area contributed by atoms with Crippen LogP contribution in [0, 0.1) is 6.92 Å². The number of benzene rings is 1. The summed E-state index contributed by atoms with van der Waals surface area (Å²) >= 11 is 0. The van der Waals surface area contributed by atoms with Crippen LogP contribution in [0.1, 0.15) is 30.4 Å². The molecule has 0 fully saturated rings. The van der Waals surface area contributed by atoms with Crippen LogP contribution in [0.5, 0.6) is 5.75 Å². The maximum atomic E-state index is 11.4. The molecule has 7 nitrogen and oxygen atoms in total. The molecule has 142 valence electrons. The van der Waals surface area contributed by atoms with E-state index in [1.54, 1.807) is 25.3 Å². The van der Waals surface area contributed by atoms with Crippen LogP contribution in [0.4, 0.5) is 0 Å². The molecule has 7 heteroatoms. The molecule has 3 rings (SSSR count). The number of carbonyl (C=O) groups excluding carboxylic acids is 1. The SMILES string of the molecule is CCOOC(=O)CCc1ccc(OCc2nc(-c3ccco3)oc2C)cc1. The molecule has 0 aliphatic heterocycles. The Hall–Kier alpha value is -3.06.